The third-order valence-corrected chi connectivity index (χ3v) is 4.89. The van der Waals surface area contributed by atoms with Gasteiger partial charge in [0.2, 0.25) is 11.8 Å². The quantitative estimate of drug-likeness (QED) is 0.776. The van der Waals surface area contributed by atoms with Gasteiger partial charge in [0.25, 0.3) is 0 Å². The summed E-state index contributed by atoms with van der Waals surface area (Å²) in [6.45, 7) is 3.43. The molecule has 2 aliphatic heterocycles. The summed E-state index contributed by atoms with van der Waals surface area (Å²) < 4.78 is 0. The van der Waals surface area contributed by atoms with Crippen LogP contribution in [-0.2, 0) is 9.59 Å². The Hall–Kier alpha value is -1.06. The number of rotatable bonds is 4. The lowest BCUT2D eigenvalue weighted by atomic mass is 9.95. The van der Waals surface area contributed by atoms with Crippen molar-refractivity contribution in [1.29, 1.82) is 0 Å². The first-order chi connectivity index (χ1) is 9.18. The van der Waals surface area contributed by atoms with Crippen molar-refractivity contribution in [3.63, 3.8) is 0 Å². The molecule has 4 nitrogen and oxygen atoms in total. The van der Waals surface area contributed by atoms with E-state index >= 15 is 0 Å². The van der Waals surface area contributed by atoms with E-state index in [1.54, 1.807) is 0 Å². The minimum atomic E-state index is -0.249. The van der Waals surface area contributed by atoms with Crippen molar-refractivity contribution in [3.8, 4) is 0 Å². The van der Waals surface area contributed by atoms with Crippen molar-refractivity contribution in [2.75, 3.05) is 13.1 Å². The van der Waals surface area contributed by atoms with Crippen molar-refractivity contribution in [3.05, 3.63) is 0 Å². The molecule has 3 rings (SSSR count). The fourth-order valence-corrected chi connectivity index (χ4v) is 3.47. The SMILES string of the molecule is CC1C(=O)N2CCCCC2C(=O)N1CCCC1CC1. The van der Waals surface area contributed by atoms with Crippen molar-refractivity contribution in [2.24, 2.45) is 5.92 Å². The first kappa shape index (κ1) is 12.9. The van der Waals surface area contributed by atoms with Gasteiger partial charge in [-0.15, -0.1) is 0 Å². The highest BCUT2D eigenvalue weighted by molar-refractivity contribution is 5.96. The highest BCUT2D eigenvalue weighted by atomic mass is 16.2. The molecule has 2 saturated heterocycles. The first-order valence-electron chi connectivity index (χ1n) is 7.79. The van der Waals surface area contributed by atoms with Gasteiger partial charge in [-0.1, -0.05) is 12.8 Å². The van der Waals surface area contributed by atoms with Crippen LogP contribution in [0.3, 0.4) is 0 Å². The first-order valence-corrected chi connectivity index (χ1v) is 7.79. The summed E-state index contributed by atoms with van der Waals surface area (Å²) in [5.41, 5.74) is 0. The Labute approximate surface area is 115 Å². The molecular formula is C15H24N2O2. The van der Waals surface area contributed by atoms with Gasteiger partial charge in [-0.3, -0.25) is 9.59 Å². The summed E-state index contributed by atoms with van der Waals surface area (Å²) in [7, 11) is 0. The second kappa shape index (κ2) is 5.14. The van der Waals surface area contributed by atoms with E-state index in [0.717, 1.165) is 44.7 Å². The van der Waals surface area contributed by atoms with Crippen LogP contribution in [0.15, 0.2) is 0 Å². The van der Waals surface area contributed by atoms with Crippen LogP contribution in [0.5, 0.6) is 0 Å². The fraction of sp³-hybridized carbons (Fsp3) is 0.867. The zero-order chi connectivity index (χ0) is 13.4. The lowest BCUT2D eigenvalue weighted by Gasteiger charge is -2.46. The Morgan fingerprint density at radius 3 is 2.63 bits per heavy atom. The van der Waals surface area contributed by atoms with E-state index in [2.05, 4.69) is 0 Å². The fourth-order valence-electron chi connectivity index (χ4n) is 3.47. The number of hydrogen-bond donors (Lipinski definition) is 0. The van der Waals surface area contributed by atoms with Crippen LogP contribution >= 0.6 is 0 Å². The molecule has 0 aromatic carbocycles. The topological polar surface area (TPSA) is 40.6 Å². The molecule has 2 amide bonds. The zero-order valence-corrected chi connectivity index (χ0v) is 11.8. The third-order valence-electron chi connectivity index (χ3n) is 4.89. The molecule has 19 heavy (non-hydrogen) atoms. The summed E-state index contributed by atoms with van der Waals surface area (Å²) in [6, 6.07) is -0.403. The molecule has 3 aliphatic rings. The van der Waals surface area contributed by atoms with E-state index in [0.29, 0.717) is 0 Å². The van der Waals surface area contributed by atoms with Crippen LogP contribution in [0.25, 0.3) is 0 Å². The Kier molecular flexibility index (Phi) is 3.50. The Morgan fingerprint density at radius 1 is 1.11 bits per heavy atom. The molecular weight excluding hydrogens is 240 g/mol. The number of carbonyl (C=O) groups excluding carboxylic acids is 2. The number of piperazine rings is 1. The Balaban J connectivity index is 1.64. The van der Waals surface area contributed by atoms with Crippen LogP contribution in [0.2, 0.25) is 0 Å². The molecule has 0 N–H and O–H groups in total. The lowest BCUT2D eigenvalue weighted by Crippen LogP contribution is -2.65. The van der Waals surface area contributed by atoms with E-state index < -0.39 is 0 Å². The highest BCUT2D eigenvalue weighted by Crippen LogP contribution is 2.34. The molecule has 0 aromatic heterocycles. The van der Waals surface area contributed by atoms with Gasteiger partial charge in [0.05, 0.1) is 0 Å². The number of piperidine rings is 1. The van der Waals surface area contributed by atoms with Gasteiger partial charge in [-0.25, -0.2) is 0 Å². The normalized spacial score (nSPS) is 31.6. The maximum absolute atomic E-state index is 12.5. The van der Waals surface area contributed by atoms with Crippen LogP contribution in [-0.4, -0.2) is 46.8 Å². The Morgan fingerprint density at radius 2 is 1.89 bits per heavy atom. The van der Waals surface area contributed by atoms with Gasteiger partial charge in [0.1, 0.15) is 12.1 Å². The average molecular weight is 264 g/mol. The monoisotopic (exact) mass is 264 g/mol. The predicted octanol–water partition coefficient (Wildman–Crippen LogP) is 1.79. The number of hydrogen-bond acceptors (Lipinski definition) is 2. The van der Waals surface area contributed by atoms with E-state index in [1.807, 2.05) is 16.7 Å². The molecule has 0 bridgehead atoms. The molecule has 4 heteroatoms. The minimum Gasteiger partial charge on any atom is -0.329 e. The van der Waals surface area contributed by atoms with Gasteiger partial charge >= 0.3 is 0 Å². The molecule has 1 aliphatic carbocycles. The van der Waals surface area contributed by atoms with Gasteiger partial charge in [0, 0.05) is 13.1 Å². The van der Waals surface area contributed by atoms with E-state index in [1.165, 1.54) is 19.3 Å². The van der Waals surface area contributed by atoms with Gasteiger partial charge in [-0.2, -0.15) is 0 Å². The van der Waals surface area contributed by atoms with Crippen molar-refractivity contribution < 1.29 is 9.59 Å². The highest BCUT2D eigenvalue weighted by Gasteiger charge is 2.44. The van der Waals surface area contributed by atoms with Crippen molar-refractivity contribution >= 4 is 11.8 Å². The minimum absolute atomic E-state index is 0.154. The second-order valence-electron chi connectivity index (χ2n) is 6.34. The zero-order valence-electron chi connectivity index (χ0n) is 11.8. The summed E-state index contributed by atoms with van der Waals surface area (Å²) in [5.74, 6) is 1.26. The number of amides is 2. The smallest absolute Gasteiger partial charge is 0.246 e. The molecule has 3 fully saturated rings. The molecule has 106 valence electrons. The average Bonchev–Trinajstić information content (AvgIpc) is 3.24. The summed E-state index contributed by atoms with van der Waals surface area (Å²) >= 11 is 0. The molecule has 2 atom stereocenters. The van der Waals surface area contributed by atoms with E-state index in [9.17, 15) is 9.59 Å². The van der Waals surface area contributed by atoms with Crippen LogP contribution in [0.1, 0.15) is 51.9 Å². The molecule has 0 aromatic rings. The summed E-state index contributed by atoms with van der Waals surface area (Å²) in [6.07, 6.45) is 7.97. The standard InChI is InChI=1S/C15H24N2O2/c1-11-14(18)17-9-3-2-6-13(17)15(19)16(11)10-4-5-12-7-8-12/h11-13H,2-10H2,1H3. The Bertz CT molecular complexity index is 378. The molecule has 0 spiro atoms. The molecule has 1 saturated carbocycles. The predicted molar refractivity (Wildman–Crippen MR) is 72.5 cm³/mol. The molecule has 2 heterocycles. The number of nitrogens with zero attached hydrogens (tertiary/aromatic N) is 2. The maximum atomic E-state index is 12.5. The lowest BCUT2D eigenvalue weighted by molar-refractivity contribution is -0.163. The third kappa shape index (κ3) is 2.49. The van der Waals surface area contributed by atoms with Crippen LogP contribution in [0.4, 0.5) is 0 Å². The molecule has 2 unspecified atom stereocenters. The maximum Gasteiger partial charge on any atom is 0.246 e. The summed E-state index contributed by atoms with van der Waals surface area (Å²) in [5, 5.41) is 0. The summed E-state index contributed by atoms with van der Waals surface area (Å²) in [4.78, 5) is 28.6. The largest absolute Gasteiger partial charge is 0.329 e. The van der Waals surface area contributed by atoms with E-state index in [-0.39, 0.29) is 23.9 Å². The van der Waals surface area contributed by atoms with Gasteiger partial charge in [0.15, 0.2) is 0 Å². The van der Waals surface area contributed by atoms with Crippen LogP contribution in [0, 0.1) is 5.92 Å². The van der Waals surface area contributed by atoms with Gasteiger partial charge < -0.3 is 9.80 Å². The second-order valence-corrected chi connectivity index (χ2v) is 6.34. The van der Waals surface area contributed by atoms with Crippen molar-refractivity contribution in [1.82, 2.24) is 9.80 Å². The van der Waals surface area contributed by atoms with Crippen LogP contribution < -0.4 is 0 Å². The number of fused-ring (bicyclic) bond motifs is 1. The van der Waals surface area contributed by atoms with E-state index in [4.69, 9.17) is 0 Å². The number of carbonyl (C=O) groups is 2. The van der Waals surface area contributed by atoms with Gasteiger partial charge in [-0.05, 0) is 44.9 Å². The molecule has 0 radical (unpaired) electrons. The van der Waals surface area contributed by atoms with Crippen molar-refractivity contribution in [2.45, 2.75) is 64.0 Å².